The van der Waals surface area contributed by atoms with E-state index >= 15 is 0 Å². The van der Waals surface area contributed by atoms with Gasteiger partial charge >= 0.3 is 0 Å². The summed E-state index contributed by atoms with van der Waals surface area (Å²) in [7, 11) is 3.54. The second kappa shape index (κ2) is 6.66. The van der Waals surface area contributed by atoms with Gasteiger partial charge in [-0.05, 0) is 39.4 Å². The summed E-state index contributed by atoms with van der Waals surface area (Å²) in [5, 5.41) is 6.72. The number of thioether (sulfide) groups is 1. The molecule has 0 bridgehead atoms. The van der Waals surface area contributed by atoms with E-state index in [1.54, 1.807) is 14.2 Å². The Hall–Kier alpha value is -0.420. The SMILES string of the molecule is CN=C(NCC(C)(C)OC)NCC1(C)CCCS1. The van der Waals surface area contributed by atoms with E-state index in [1.165, 1.54) is 18.6 Å². The minimum Gasteiger partial charge on any atom is -0.377 e. The van der Waals surface area contributed by atoms with Gasteiger partial charge in [-0.1, -0.05) is 0 Å². The summed E-state index contributed by atoms with van der Waals surface area (Å²) in [6, 6.07) is 0. The van der Waals surface area contributed by atoms with E-state index in [2.05, 4.69) is 48.2 Å². The lowest BCUT2D eigenvalue weighted by atomic mass is 10.1. The van der Waals surface area contributed by atoms with E-state index in [0.717, 1.165) is 19.0 Å². The maximum absolute atomic E-state index is 5.38. The van der Waals surface area contributed by atoms with Crippen LogP contribution >= 0.6 is 11.8 Å². The number of nitrogens with zero attached hydrogens (tertiary/aromatic N) is 1. The van der Waals surface area contributed by atoms with Crippen molar-refractivity contribution in [1.82, 2.24) is 10.6 Å². The van der Waals surface area contributed by atoms with Gasteiger partial charge in [-0.3, -0.25) is 4.99 Å². The highest BCUT2D eigenvalue weighted by atomic mass is 32.2. The molecule has 0 spiro atoms. The number of nitrogens with one attached hydrogen (secondary N) is 2. The van der Waals surface area contributed by atoms with E-state index in [1.807, 2.05) is 0 Å². The van der Waals surface area contributed by atoms with Crippen LogP contribution in [-0.4, -0.2) is 49.3 Å². The number of rotatable bonds is 5. The minimum atomic E-state index is -0.177. The van der Waals surface area contributed by atoms with E-state index in [0.29, 0.717) is 4.75 Å². The lowest BCUT2D eigenvalue weighted by Crippen LogP contribution is -2.48. The lowest BCUT2D eigenvalue weighted by molar-refractivity contribution is 0.0268. The van der Waals surface area contributed by atoms with E-state index in [9.17, 15) is 0 Å². The third kappa shape index (κ3) is 5.06. The van der Waals surface area contributed by atoms with Crippen molar-refractivity contribution in [2.24, 2.45) is 4.99 Å². The van der Waals surface area contributed by atoms with Crippen LogP contribution in [0.5, 0.6) is 0 Å². The van der Waals surface area contributed by atoms with Crippen molar-refractivity contribution < 1.29 is 4.74 Å². The van der Waals surface area contributed by atoms with Crippen LogP contribution in [0.15, 0.2) is 4.99 Å². The highest BCUT2D eigenvalue weighted by molar-refractivity contribution is 8.00. The zero-order valence-corrected chi connectivity index (χ0v) is 13.1. The Morgan fingerprint density at radius 3 is 2.67 bits per heavy atom. The molecular formula is C13H27N3OS. The molecule has 1 heterocycles. The molecule has 0 aliphatic carbocycles. The highest BCUT2D eigenvalue weighted by Crippen LogP contribution is 2.36. The molecule has 1 aliphatic heterocycles. The summed E-state index contributed by atoms with van der Waals surface area (Å²) in [6.07, 6.45) is 2.61. The fourth-order valence-electron chi connectivity index (χ4n) is 1.84. The summed E-state index contributed by atoms with van der Waals surface area (Å²) in [4.78, 5) is 4.25. The lowest BCUT2D eigenvalue weighted by Gasteiger charge is -2.27. The molecule has 0 aromatic carbocycles. The Kier molecular flexibility index (Phi) is 5.79. The molecule has 0 radical (unpaired) electrons. The molecule has 0 saturated carbocycles. The van der Waals surface area contributed by atoms with Gasteiger partial charge < -0.3 is 15.4 Å². The Bertz CT molecular complexity index is 286. The first-order valence-electron chi connectivity index (χ1n) is 6.54. The van der Waals surface area contributed by atoms with Gasteiger partial charge in [0.25, 0.3) is 0 Å². The van der Waals surface area contributed by atoms with Crippen LogP contribution in [0.3, 0.4) is 0 Å². The molecule has 2 N–H and O–H groups in total. The Morgan fingerprint density at radius 2 is 2.17 bits per heavy atom. The number of hydrogen-bond donors (Lipinski definition) is 2. The van der Waals surface area contributed by atoms with Crippen LogP contribution < -0.4 is 10.6 Å². The first-order valence-corrected chi connectivity index (χ1v) is 7.53. The van der Waals surface area contributed by atoms with Crippen molar-refractivity contribution in [3.8, 4) is 0 Å². The standard InChI is InChI=1S/C13H27N3OS/c1-12(2,17-5)9-15-11(14-4)16-10-13(3)7-6-8-18-13/h6-10H2,1-5H3,(H2,14,15,16). The molecule has 1 atom stereocenters. The molecular weight excluding hydrogens is 246 g/mol. The molecule has 106 valence electrons. The Balaban J connectivity index is 2.34. The molecule has 0 amide bonds. The summed E-state index contributed by atoms with van der Waals surface area (Å²) in [5.74, 6) is 2.13. The molecule has 1 fully saturated rings. The van der Waals surface area contributed by atoms with Crippen LogP contribution in [0.25, 0.3) is 0 Å². The third-order valence-electron chi connectivity index (χ3n) is 3.39. The van der Waals surface area contributed by atoms with Crippen LogP contribution in [-0.2, 0) is 4.74 Å². The van der Waals surface area contributed by atoms with Gasteiger partial charge in [0.1, 0.15) is 0 Å². The molecule has 1 saturated heterocycles. The third-order valence-corrected chi connectivity index (χ3v) is 4.93. The quantitative estimate of drug-likeness (QED) is 0.593. The maximum atomic E-state index is 5.38. The van der Waals surface area contributed by atoms with Gasteiger partial charge in [0, 0.05) is 32.0 Å². The van der Waals surface area contributed by atoms with Gasteiger partial charge in [-0.2, -0.15) is 11.8 Å². The fraction of sp³-hybridized carbons (Fsp3) is 0.923. The molecule has 1 rings (SSSR count). The number of hydrogen-bond acceptors (Lipinski definition) is 3. The van der Waals surface area contributed by atoms with Crippen LogP contribution in [0.1, 0.15) is 33.6 Å². The molecule has 18 heavy (non-hydrogen) atoms. The smallest absolute Gasteiger partial charge is 0.191 e. The Morgan fingerprint density at radius 1 is 1.44 bits per heavy atom. The topological polar surface area (TPSA) is 45.7 Å². The zero-order chi connectivity index (χ0) is 13.6. The van der Waals surface area contributed by atoms with Crippen molar-refractivity contribution in [3.05, 3.63) is 0 Å². The summed E-state index contributed by atoms with van der Waals surface area (Å²) >= 11 is 2.06. The fourth-order valence-corrected chi connectivity index (χ4v) is 3.08. The molecule has 1 unspecified atom stereocenters. The minimum absolute atomic E-state index is 0.177. The van der Waals surface area contributed by atoms with Crippen molar-refractivity contribution >= 4 is 17.7 Å². The predicted molar refractivity (Wildman–Crippen MR) is 80.5 cm³/mol. The monoisotopic (exact) mass is 273 g/mol. The van der Waals surface area contributed by atoms with Crippen molar-refractivity contribution in [3.63, 3.8) is 0 Å². The number of guanidine groups is 1. The van der Waals surface area contributed by atoms with Crippen molar-refractivity contribution in [2.75, 3.05) is 33.0 Å². The Labute approximate surface area is 115 Å². The largest absolute Gasteiger partial charge is 0.377 e. The van der Waals surface area contributed by atoms with Gasteiger partial charge in [0.05, 0.1) is 5.60 Å². The summed E-state index contributed by atoms with van der Waals surface area (Å²) in [5.41, 5.74) is -0.177. The number of methoxy groups -OCH3 is 1. The molecule has 0 aromatic rings. The zero-order valence-electron chi connectivity index (χ0n) is 12.3. The van der Waals surface area contributed by atoms with Gasteiger partial charge in [0.15, 0.2) is 5.96 Å². The van der Waals surface area contributed by atoms with Gasteiger partial charge in [-0.15, -0.1) is 0 Å². The molecule has 0 aromatic heterocycles. The molecule has 5 heteroatoms. The maximum Gasteiger partial charge on any atom is 0.191 e. The van der Waals surface area contributed by atoms with Gasteiger partial charge in [0.2, 0.25) is 0 Å². The average molecular weight is 273 g/mol. The predicted octanol–water partition coefficient (Wildman–Crippen LogP) is 1.86. The first-order chi connectivity index (χ1) is 8.41. The van der Waals surface area contributed by atoms with Gasteiger partial charge in [-0.25, -0.2) is 0 Å². The van der Waals surface area contributed by atoms with E-state index < -0.39 is 0 Å². The highest BCUT2D eigenvalue weighted by Gasteiger charge is 2.29. The summed E-state index contributed by atoms with van der Waals surface area (Å²) < 4.78 is 5.74. The van der Waals surface area contributed by atoms with Crippen molar-refractivity contribution in [1.29, 1.82) is 0 Å². The second-order valence-electron chi connectivity index (χ2n) is 5.65. The first kappa shape index (κ1) is 15.6. The van der Waals surface area contributed by atoms with Crippen LogP contribution in [0.4, 0.5) is 0 Å². The van der Waals surface area contributed by atoms with Crippen LogP contribution in [0, 0.1) is 0 Å². The van der Waals surface area contributed by atoms with E-state index in [4.69, 9.17) is 4.74 Å². The number of aliphatic imine (C=N–C) groups is 1. The van der Waals surface area contributed by atoms with Crippen LogP contribution in [0.2, 0.25) is 0 Å². The van der Waals surface area contributed by atoms with Crippen molar-refractivity contribution in [2.45, 2.75) is 44.0 Å². The normalized spacial score (nSPS) is 25.3. The molecule has 4 nitrogen and oxygen atoms in total. The number of ether oxygens (including phenoxy) is 1. The van der Waals surface area contributed by atoms with E-state index in [-0.39, 0.29) is 5.60 Å². The summed E-state index contributed by atoms with van der Waals surface area (Å²) in [6.45, 7) is 8.14. The molecule has 1 aliphatic rings. The second-order valence-corrected chi connectivity index (χ2v) is 7.33. The average Bonchev–Trinajstić information content (AvgIpc) is 2.77.